The van der Waals surface area contributed by atoms with Crippen molar-refractivity contribution in [3.8, 4) is 0 Å². The van der Waals surface area contributed by atoms with E-state index >= 15 is 0 Å². The van der Waals surface area contributed by atoms with Gasteiger partial charge >= 0.3 is 0 Å². The first-order valence-corrected chi connectivity index (χ1v) is 5.36. The first kappa shape index (κ1) is 9.79. The Balaban J connectivity index is 2.63. The predicted molar refractivity (Wildman–Crippen MR) is 62.3 cm³/mol. The van der Waals surface area contributed by atoms with Gasteiger partial charge in [0.2, 0.25) is 0 Å². The average molecular weight is 207 g/mol. The minimum Gasteiger partial charge on any atom is -0.0840 e. The van der Waals surface area contributed by atoms with Crippen LogP contribution in [0.5, 0.6) is 0 Å². The molecule has 0 amide bonds. The summed E-state index contributed by atoms with van der Waals surface area (Å²) in [6.07, 6.45) is 9.64. The highest BCUT2D eigenvalue weighted by Gasteiger charge is 2.30. The van der Waals surface area contributed by atoms with Crippen LogP contribution in [0.1, 0.15) is 27.2 Å². The van der Waals surface area contributed by atoms with E-state index in [1.807, 2.05) is 6.08 Å². The molecule has 0 aromatic carbocycles. The summed E-state index contributed by atoms with van der Waals surface area (Å²) in [5, 5.41) is 0.910. The third-order valence-corrected chi connectivity index (χ3v) is 3.32. The lowest BCUT2D eigenvalue weighted by molar-refractivity contribution is 0.463. The topological polar surface area (TPSA) is 0 Å². The van der Waals surface area contributed by atoms with Crippen LogP contribution in [0.25, 0.3) is 0 Å². The van der Waals surface area contributed by atoms with Crippen LogP contribution in [0, 0.1) is 5.41 Å². The average Bonchev–Trinajstić information content (AvgIpc) is 2.42. The van der Waals surface area contributed by atoms with E-state index in [2.05, 4.69) is 39.0 Å². The van der Waals surface area contributed by atoms with Gasteiger partial charge in [0.1, 0.15) is 0 Å². The molecule has 0 saturated carbocycles. The van der Waals surface area contributed by atoms with E-state index in [0.29, 0.717) is 0 Å². The summed E-state index contributed by atoms with van der Waals surface area (Å²) in [5.74, 6) is 0. The predicted octanol–water partition coefficient (Wildman–Crippen LogP) is 4.35. The van der Waals surface area contributed by atoms with Crippen molar-refractivity contribution in [3.63, 3.8) is 0 Å². The monoisotopic (exact) mass is 206 g/mol. The second-order valence-electron chi connectivity index (χ2n) is 4.64. The second-order valence-corrected chi connectivity index (χ2v) is 5.05. The Labute approximate surface area is 90.7 Å². The maximum atomic E-state index is 6.24. The molecule has 0 spiro atoms. The summed E-state index contributed by atoms with van der Waals surface area (Å²) in [5.41, 5.74) is 4.09. The zero-order chi connectivity index (χ0) is 10.3. The molecular formula is C13H15Cl. The summed E-state index contributed by atoms with van der Waals surface area (Å²) in [7, 11) is 0. The number of hydrogen-bond acceptors (Lipinski definition) is 0. The second kappa shape index (κ2) is 3.13. The van der Waals surface area contributed by atoms with Gasteiger partial charge in [0.25, 0.3) is 0 Å². The van der Waals surface area contributed by atoms with Gasteiger partial charge in [-0.15, -0.1) is 0 Å². The van der Waals surface area contributed by atoms with Gasteiger partial charge in [0.05, 0.1) is 0 Å². The van der Waals surface area contributed by atoms with Crippen LogP contribution in [0.3, 0.4) is 0 Å². The van der Waals surface area contributed by atoms with Crippen molar-refractivity contribution >= 4 is 11.6 Å². The van der Waals surface area contributed by atoms with Crippen LogP contribution in [0.15, 0.2) is 46.1 Å². The summed E-state index contributed by atoms with van der Waals surface area (Å²) in [4.78, 5) is 0. The van der Waals surface area contributed by atoms with Crippen molar-refractivity contribution < 1.29 is 0 Å². The molecule has 14 heavy (non-hydrogen) atoms. The molecule has 0 aromatic rings. The molecule has 0 saturated heterocycles. The van der Waals surface area contributed by atoms with E-state index in [-0.39, 0.29) is 5.41 Å². The molecule has 2 rings (SSSR count). The number of fused-ring (bicyclic) bond motifs is 1. The quantitative estimate of drug-likeness (QED) is 0.553. The summed E-state index contributed by atoms with van der Waals surface area (Å²) < 4.78 is 0. The van der Waals surface area contributed by atoms with Crippen LogP contribution in [-0.2, 0) is 0 Å². The van der Waals surface area contributed by atoms with Gasteiger partial charge in [0.15, 0.2) is 0 Å². The molecule has 74 valence electrons. The third kappa shape index (κ3) is 1.38. The van der Waals surface area contributed by atoms with Crippen molar-refractivity contribution in [2.75, 3.05) is 0 Å². The van der Waals surface area contributed by atoms with Gasteiger partial charge in [-0.2, -0.15) is 0 Å². The Morgan fingerprint density at radius 2 is 1.93 bits per heavy atom. The minimum absolute atomic E-state index is 0.157. The van der Waals surface area contributed by atoms with Crippen LogP contribution in [0.4, 0.5) is 0 Å². The first-order chi connectivity index (χ1) is 6.52. The maximum Gasteiger partial charge on any atom is 0.0449 e. The molecule has 0 atom stereocenters. The van der Waals surface area contributed by atoms with E-state index in [9.17, 15) is 0 Å². The van der Waals surface area contributed by atoms with E-state index in [1.165, 1.54) is 16.7 Å². The fourth-order valence-electron chi connectivity index (χ4n) is 2.19. The number of hydrogen-bond donors (Lipinski definition) is 0. The molecule has 0 nitrogen and oxygen atoms in total. The molecule has 0 radical (unpaired) electrons. The molecular weight excluding hydrogens is 192 g/mol. The number of allylic oxidation sites excluding steroid dienone is 8. The van der Waals surface area contributed by atoms with Gasteiger partial charge in [-0.3, -0.25) is 0 Å². The Morgan fingerprint density at radius 3 is 2.64 bits per heavy atom. The molecule has 0 heterocycles. The maximum absolute atomic E-state index is 6.24. The standard InChI is InChI=1S/C13H15Cl/c1-9-5-4-8-13(2,3)12-10(9)6-7-11(12)14/h4-7H,8H2,1-3H3. The van der Waals surface area contributed by atoms with Crippen molar-refractivity contribution in [3.05, 3.63) is 46.1 Å². The van der Waals surface area contributed by atoms with Gasteiger partial charge < -0.3 is 0 Å². The highest BCUT2D eigenvalue weighted by Crippen LogP contribution is 2.45. The zero-order valence-corrected chi connectivity index (χ0v) is 9.65. The fourth-order valence-corrected chi connectivity index (χ4v) is 2.61. The van der Waals surface area contributed by atoms with E-state index in [4.69, 9.17) is 11.6 Å². The summed E-state index contributed by atoms with van der Waals surface area (Å²) in [6.45, 7) is 6.65. The van der Waals surface area contributed by atoms with Gasteiger partial charge in [-0.1, -0.05) is 43.7 Å². The van der Waals surface area contributed by atoms with Crippen LogP contribution >= 0.6 is 11.6 Å². The van der Waals surface area contributed by atoms with Crippen molar-refractivity contribution in [2.24, 2.45) is 5.41 Å². The Bertz CT molecular complexity index is 389. The molecule has 2 aliphatic rings. The normalized spacial score (nSPS) is 24.3. The molecule has 0 N–H and O–H groups in total. The molecule has 0 aromatic heterocycles. The lowest BCUT2D eigenvalue weighted by atomic mass is 9.79. The molecule has 0 unspecified atom stereocenters. The SMILES string of the molecule is CC1=C2C=CC(Cl)=C2C(C)(C)CC=C1. The number of rotatable bonds is 0. The van der Waals surface area contributed by atoms with Gasteiger partial charge in [-0.25, -0.2) is 0 Å². The summed E-state index contributed by atoms with van der Waals surface area (Å²) >= 11 is 6.24. The zero-order valence-electron chi connectivity index (χ0n) is 8.89. The smallest absolute Gasteiger partial charge is 0.0449 e. The minimum atomic E-state index is 0.157. The highest BCUT2D eigenvalue weighted by atomic mass is 35.5. The molecule has 0 bridgehead atoms. The Hall–Kier alpha value is -0.750. The molecule has 1 heteroatoms. The van der Waals surface area contributed by atoms with E-state index in [1.54, 1.807) is 0 Å². The lowest BCUT2D eigenvalue weighted by Gasteiger charge is -2.26. The van der Waals surface area contributed by atoms with Crippen LogP contribution < -0.4 is 0 Å². The lowest BCUT2D eigenvalue weighted by Crippen LogP contribution is -2.14. The Morgan fingerprint density at radius 1 is 1.21 bits per heavy atom. The first-order valence-electron chi connectivity index (χ1n) is 4.98. The summed E-state index contributed by atoms with van der Waals surface area (Å²) in [6, 6.07) is 0. The van der Waals surface area contributed by atoms with E-state index in [0.717, 1.165) is 11.5 Å². The highest BCUT2D eigenvalue weighted by molar-refractivity contribution is 6.32. The van der Waals surface area contributed by atoms with E-state index < -0.39 is 0 Å². The molecule has 2 aliphatic carbocycles. The number of halogens is 1. The molecule has 0 aliphatic heterocycles. The van der Waals surface area contributed by atoms with Crippen LogP contribution in [-0.4, -0.2) is 0 Å². The van der Waals surface area contributed by atoms with Gasteiger partial charge in [-0.05, 0) is 41.6 Å². The molecule has 0 fully saturated rings. The third-order valence-electron chi connectivity index (χ3n) is 3.00. The Kier molecular flexibility index (Phi) is 2.19. The van der Waals surface area contributed by atoms with Crippen LogP contribution in [0.2, 0.25) is 0 Å². The van der Waals surface area contributed by atoms with Gasteiger partial charge in [0, 0.05) is 5.03 Å². The van der Waals surface area contributed by atoms with Crippen molar-refractivity contribution in [2.45, 2.75) is 27.2 Å². The fraction of sp³-hybridized carbons (Fsp3) is 0.385. The van der Waals surface area contributed by atoms with Crippen molar-refractivity contribution in [1.82, 2.24) is 0 Å². The van der Waals surface area contributed by atoms with Crippen molar-refractivity contribution in [1.29, 1.82) is 0 Å². The largest absolute Gasteiger partial charge is 0.0840 e.